The Hall–Kier alpha value is -4.45. The van der Waals surface area contributed by atoms with Crippen LogP contribution in [0.2, 0.25) is 0 Å². The average Bonchev–Trinajstić information content (AvgIpc) is 3.32. The first-order chi connectivity index (χ1) is 16.0. The zero-order valence-corrected chi connectivity index (χ0v) is 18.0. The van der Waals surface area contributed by atoms with Crippen molar-refractivity contribution < 1.29 is 14.7 Å². The number of carboxylic acids is 1. The van der Waals surface area contributed by atoms with Crippen LogP contribution in [0.15, 0.2) is 95.7 Å². The second-order valence-corrected chi connectivity index (χ2v) is 7.93. The molecule has 0 aliphatic carbocycles. The molecule has 1 aliphatic rings. The third kappa shape index (κ3) is 3.83. The van der Waals surface area contributed by atoms with Gasteiger partial charge >= 0.3 is 5.97 Å². The molecule has 6 nitrogen and oxygen atoms in total. The number of para-hydroxylation sites is 1. The Labute approximate surface area is 190 Å². The zero-order chi connectivity index (χ0) is 22.9. The lowest BCUT2D eigenvalue weighted by Gasteiger charge is -2.11. The van der Waals surface area contributed by atoms with Crippen LogP contribution in [0.25, 0.3) is 17.0 Å². The summed E-state index contributed by atoms with van der Waals surface area (Å²) < 4.78 is 2.19. The summed E-state index contributed by atoms with van der Waals surface area (Å²) in [6, 6.07) is 24.5. The maximum absolute atomic E-state index is 13.2. The van der Waals surface area contributed by atoms with E-state index in [9.17, 15) is 9.59 Å². The van der Waals surface area contributed by atoms with Crippen LogP contribution in [0.1, 0.15) is 28.4 Å². The molecule has 3 aromatic carbocycles. The highest BCUT2D eigenvalue weighted by Gasteiger charge is 2.29. The van der Waals surface area contributed by atoms with Crippen molar-refractivity contribution in [2.45, 2.75) is 13.5 Å². The molecule has 1 aromatic heterocycles. The highest BCUT2D eigenvalue weighted by atomic mass is 16.4. The van der Waals surface area contributed by atoms with Gasteiger partial charge in [-0.3, -0.25) is 4.79 Å². The summed E-state index contributed by atoms with van der Waals surface area (Å²) in [5.41, 5.74) is 5.05. The number of rotatable bonds is 5. The number of aromatic nitrogens is 1. The predicted molar refractivity (Wildman–Crippen MR) is 129 cm³/mol. The van der Waals surface area contributed by atoms with E-state index in [2.05, 4.69) is 40.1 Å². The van der Waals surface area contributed by atoms with Crippen LogP contribution in [0.5, 0.6) is 0 Å². The van der Waals surface area contributed by atoms with E-state index >= 15 is 0 Å². The van der Waals surface area contributed by atoms with Gasteiger partial charge in [-0.1, -0.05) is 48.5 Å². The Kier molecular flexibility index (Phi) is 5.11. The number of fused-ring (bicyclic) bond motifs is 1. The number of hydrazone groups is 1. The Morgan fingerprint density at radius 3 is 2.39 bits per heavy atom. The molecule has 1 aliphatic heterocycles. The van der Waals surface area contributed by atoms with Gasteiger partial charge in [-0.05, 0) is 48.9 Å². The summed E-state index contributed by atoms with van der Waals surface area (Å²) in [6.45, 7) is 2.53. The second kappa shape index (κ2) is 8.24. The SMILES string of the molecule is CC1=NN(c2ccc(C(=O)O)cc2)C(=O)/C1=C\c1cn(Cc2ccccc2)c2ccccc12. The first-order valence-corrected chi connectivity index (χ1v) is 10.6. The van der Waals surface area contributed by atoms with E-state index in [-0.39, 0.29) is 11.5 Å². The molecule has 0 radical (unpaired) electrons. The maximum Gasteiger partial charge on any atom is 0.335 e. The van der Waals surface area contributed by atoms with Crippen molar-refractivity contribution in [1.82, 2.24) is 4.57 Å². The molecule has 0 atom stereocenters. The number of nitrogens with zero attached hydrogens (tertiary/aromatic N) is 3. The topological polar surface area (TPSA) is 74.9 Å². The standard InChI is InChI=1S/C27H21N3O3/c1-18-24(26(31)30(28-18)22-13-11-20(12-14-22)27(32)33)15-21-17-29(16-19-7-3-2-4-8-19)25-10-6-5-9-23(21)25/h2-15,17H,16H2,1H3,(H,32,33)/b24-15-. The molecule has 5 rings (SSSR count). The summed E-state index contributed by atoms with van der Waals surface area (Å²) in [7, 11) is 0. The van der Waals surface area contributed by atoms with Gasteiger partial charge in [-0.2, -0.15) is 10.1 Å². The summed E-state index contributed by atoms with van der Waals surface area (Å²) >= 11 is 0. The molecule has 33 heavy (non-hydrogen) atoms. The molecule has 0 bridgehead atoms. The quantitative estimate of drug-likeness (QED) is 0.438. The van der Waals surface area contributed by atoms with Crippen molar-refractivity contribution in [2.24, 2.45) is 5.10 Å². The molecule has 0 saturated heterocycles. The van der Waals surface area contributed by atoms with Crippen LogP contribution in [-0.2, 0) is 11.3 Å². The number of hydrogen-bond donors (Lipinski definition) is 1. The maximum atomic E-state index is 13.2. The monoisotopic (exact) mass is 435 g/mol. The fourth-order valence-corrected chi connectivity index (χ4v) is 4.06. The lowest BCUT2D eigenvalue weighted by atomic mass is 10.1. The lowest BCUT2D eigenvalue weighted by molar-refractivity contribution is -0.114. The number of carbonyl (C=O) groups excluding carboxylic acids is 1. The highest BCUT2D eigenvalue weighted by Crippen LogP contribution is 2.29. The van der Waals surface area contributed by atoms with E-state index < -0.39 is 5.97 Å². The second-order valence-electron chi connectivity index (χ2n) is 7.93. The van der Waals surface area contributed by atoms with Crippen molar-refractivity contribution in [3.63, 3.8) is 0 Å². The largest absolute Gasteiger partial charge is 0.478 e. The minimum Gasteiger partial charge on any atom is -0.478 e. The Bertz CT molecular complexity index is 1430. The molecule has 0 unspecified atom stereocenters. The summed E-state index contributed by atoms with van der Waals surface area (Å²) in [4.78, 5) is 24.3. The minimum atomic E-state index is -1.01. The third-order valence-corrected chi connectivity index (χ3v) is 5.74. The number of amides is 1. The van der Waals surface area contributed by atoms with Gasteiger partial charge in [0, 0.05) is 29.2 Å². The number of aromatic carboxylic acids is 1. The minimum absolute atomic E-state index is 0.160. The third-order valence-electron chi connectivity index (χ3n) is 5.74. The Morgan fingerprint density at radius 1 is 0.970 bits per heavy atom. The van der Waals surface area contributed by atoms with Crippen molar-refractivity contribution in [3.05, 3.63) is 107 Å². The zero-order valence-electron chi connectivity index (χ0n) is 18.0. The van der Waals surface area contributed by atoms with Crippen molar-refractivity contribution in [2.75, 3.05) is 5.01 Å². The van der Waals surface area contributed by atoms with E-state index in [4.69, 9.17) is 5.11 Å². The van der Waals surface area contributed by atoms with E-state index in [0.717, 1.165) is 23.0 Å². The van der Waals surface area contributed by atoms with Crippen molar-refractivity contribution in [1.29, 1.82) is 0 Å². The van der Waals surface area contributed by atoms with Crippen LogP contribution in [0.4, 0.5) is 5.69 Å². The molecule has 4 aromatic rings. The molecule has 0 fully saturated rings. The first-order valence-electron chi connectivity index (χ1n) is 10.6. The van der Waals surface area contributed by atoms with Gasteiger partial charge in [-0.25, -0.2) is 4.79 Å². The molecule has 1 N–H and O–H groups in total. The van der Waals surface area contributed by atoms with Gasteiger partial charge in [0.1, 0.15) is 0 Å². The highest BCUT2D eigenvalue weighted by molar-refractivity contribution is 6.32. The van der Waals surface area contributed by atoms with E-state index in [0.29, 0.717) is 17.0 Å². The number of carboxylic acid groups (broad SMARTS) is 1. The summed E-state index contributed by atoms with van der Waals surface area (Å²) in [6.07, 6.45) is 3.95. The van der Waals surface area contributed by atoms with Gasteiger partial charge in [0.2, 0.25) is 0 Å². The summed E-state index contributed by atoms with van der Waals surface area (Å²) in [5, 5.41) is 15.9. The van der Waals surface area contributed by atoms with Crippen LogP contribution in [0, 0.1) is 0 Å². The van der Waals surface area contributed by atoms with Crippen LogP contribution >= 0.6 is 0 Å². The number of benzene rings is 3. The lowest BCUT2D eigenvalue weighted by Crippen LogP contribution is -2.21. The number of hydrogen-bond acceptors (Lipinski definition) is 3. The number of anilines is 1. The molecule has 6 heteroatoms. The Balaban J connectivity index is 1.50. The molecule has 2 heterocycles. The van der Waals surface area contributed by atoms with Crippen molar-refractivity contribution >= 4 is 40.3 Å². The van der Waals surface area contributed by atoms with Crippen molar-refractivity contribution in [3.8, 4) is 0 Å². The fourth-order valence-electron chi connectivity index (χ4n) is 4.06. The molecular formula is C27H21N3O3. The predicted octanol–water partition coefficient (Wildman–Crippen LogP) is 5.19. The van der Waals surface area contributed by atoms with E-state index in [1.54, 1.807) is 19.1 Å². The molecular weight excluding hydrogens is 414 g/mol. The van der Waals surface area contributed by atoms with Crippen LogP contribution in [-0.4, -0.2) is 27.3 Å². The Morgan fingerprint density at radius 2 is 1.67 bits per heavy atom. The van der Waals surface area contributed by atoms with E-state index in [1.807, 2.05) is 36.4 Å². The normalized spacial score (nSPS) is 14.8. The smallest absolute Gasteiger partial charge is 0.335 e. The fraction of sp³-hybridized carbons (Fsp3) is 0.0741. The van der Waals surface area contributed by atoms with Gasteiger partial charge in [0.15, 0.2) is 0 Å². The number of carbonyl (C=O) groups is 2. The van der Waals surface area contributed by atoms with Gasteiger partial charge in [0.05, 0.1) is 22.5 Å². The van der Waals surface area contributed by atoms with Gasteiger partial charge in [-0.15, -0.1) is 0 Å². The average molecular weight is 435 g/mol. The first kappa shape index (κ1) is 20.5. The molecule has 1 amide bonds. The van der Waals surface area contributed by atoms with E-state index in [1.165, 1.54) is 22.7 Å². The van der Waals surface area contributed by atoms with Gasteiger partial charge < -0.3 is 9.67 Å². The van der Waals surface area contributed by atoms with Crippen LogP contribution < -0.4 is 5.01 Å². The van der Waals surface area contributed by atoms with Crippen LogP contribution in [0.3, 0.4) is 0 Å². The summed E-state index contributed by atoms with van der Waals surface area (Å²) in [5.74, 6) is -1.25. The van der Waals surface area contributed by atoms with Gasteiger partial charge in [0.25, 0.3) is 5.91 Å². The molecule has 0 spiro atoms. The molecule has 0 saturated carbocycles. The molecule has 162 valence electrons.